The van der Waals surface area contributed by atoms with Crippen LogP contribution in [0.25, 0.3) is 10.9 Å². The molecule has 2 aromatic rings. The molecular weight excluding hydrogens is 296 g/mol. The van der Waals surface area contributed by atoms with Crippen LogP contribution >= 0.6 is 0 Å². The average Bonchev–Trinajstić information content (AvgIpc) is 2.98. The van der Waals surface area contributed by atoms with Crippen LogP contribution in [0.2, 0.25) is 0 Å². The normalized spacial score (nSPS) is 29.0. The highest BCUT2D eigenvalue weighted by Gasteiger charge is 2.26. The van der Waals surface area contributed by atoms with Gasteiger partial charge in [-0.25, -0.2) is 0 Å². The van der Waals surface area contributed by atoms with Crippen molar-refractivity contribution in [3.05, 3.63) is 30.0 Å². The number of aromatic nitrogens is 2. The van der Waals surface area contributed by atoms with Crippen molar-refractivity contribution in [3.8, 4) is 0 Å². The third-order valence-electron chi connectivity index (χ3n) is 5.73. The van der Waals surface area contributed by atoms with Crippen LogP contribution in [0.1, 0.15) is 44.7 Å². The summed E-state index contributed by atoms with van der Waals surface area (Å²) in [6.07, 6.45) is 5.76. The lowest BCUT2D eigenvalue weighted by molar-refractivity contribution is 0.151. The van der Waals surface area contributed by atoms with Gasteiger partial charge in [-0.2, -0.15) is 5.10 Å². The fourth-order valence-corrected chi connectivity index (χ4v) is 4.17. The maximum atomic E-state index is 4.93. The van der Waals surface area contributed by atoms with Gasteiger partial charge in [0.15, 0.2) is 0 Å². The fourth-order valence-electron chi connectivity index (χ4n) is 4.17. The van der Waals surface area contributed by atoms with Crippen LogP contribution in [0, 0.1) is 11.8 Å². The van der Waals surface area contributed by atoms with Crippen molar-refractivity contribution in [2.24, 2.45) is 16.8 Å². The van der Waals surface area contributed by atoms with Gasteiger partial charge in [0, 0.05) is 30.4 Å². The molecule has 4 heteroatoms. The molecule has 0 unspecified atom stereocenters. The molecule has 0 aliphatic carbocycles. The van der Waals surface area contributed by atoms with Crippen molar-refractivity contribution in [2.45, 2.75) is 39.2 Å². The molecule has 3 atom stereocenters. The lowest BCUT2D eigenvalue weighted by Gasteiger charge is -2.34. The Morgan fingerprint density at radius 1 is 1.17 bits per heavy atom. The zero-order valence-electron chi connectivity index (χ0n) is 15.1. The number of hydrogen-bond donors (Lipinski definition) is 0. The van der Waals surface area contributed by atoms with Crippen LogP contribution in [0.5, 0.6) is 0 Å². The third-order valence-corrected chi connectivity index (χ3v) is 5.73. The number of hydrogen-bond acceptors (Lipinski definition) is 3. The van der Waals surface area contributed by atoms with Gasteiger partial charge in [0.2, 0.25) is 0 Å². The second-order valence-electron chi connectivity index (χ2n) is 7.91. The molecular formula is C20H28N4. The SMILES string of the molecule is C[C@H]1CCC(c2ccc3cn([C@@H]4CCN(C)C[C@@H]4C)nc3c2)=NC1. The fraction of sp³-hybridized carbons (Fsp3) is 0.600. The zero-order valence-corrected chi connectivity index (χ0v) is 15.1. The van der Waals surface area contributed by atoms with E-state index in [1.807, 2.05) is 0 Å². The van der Waals surface area contributed by atoms with Crippen LogP contribution in [0.3, 0.4) is 0 Å². The predicted octanol–water partition coefficient (Wildman–Crippen LogP) is 3.77. The molecule has 2 aliphatic heterocycles. The predicted molar refractivity (Wildman–Crippen MR) is 99.9 cm³/mol. The molecule has 24 heavy (non-hydrogen) atoms. The second-order valence-corrected chi connectivity index (χ2v) is 7.91. The van der Waals surface area contributed by atoms with E-state index in [4.69, 9.17) is 10.1 Å². The average molecular weight is 324 g/mol. The van der Waals surface area contributed by atoms with E-state index in [-0.39, 0.29) is 0 Å². The molecule has 0 saturated carbocycles. The number of rotatable bonds is 2. The van der Waals surface area contributed by atoms with Gasteiger partial charge in [-0.15, -0.1) is 0 Å². The lowest BCUT2D eigenvalue weighted by atomic mass is 9.94. The molecule has 4 nitrogen and oxygen atoms in total. The smallest absolute Gasteiger partial charge is 0.0930 e. The molecule has 0 spiro atoms. The van der Waals surface area contributed by atoms with Gasteiger partial charge < -0.3 is 4.90 Å². The Morgan fingerprint density at radius 2 is 2.04 bits per heavy atom. The molecule has 0 N–H and O–H groups in total. The first-order chi connectivity index (χ1) is 11.6. The molecule has 3 heterocycles. The molecule has 2 aliphatic rings. The molecule has 0 amide bonds. The van der Waals surface area contributed by atoms with Crippen molar-refractivity contribution in [3.63, 3.8) is 0 Å². The zero-order chi connectivity index (χ0) is 16.7. The molecule has 0 radical (unpaired) electrons. The standard InChI is InChI=1S/C20H28N4/c1-14-4-7-18(21-11-14)16-5-6-17-13-24(22-19(17)10-16)20-8-9-23(3)12-15(20)2/h5-6,10,13-15,20H,4,7-9,11-12H2,1-3H3/t14-,15-,20+/m0/s1. The van der Waals surface area contributed by atoms with Crippen molar-refractivity contribution in [1.29, 1.82) is 0 Å². The van der Waals surface area contributed by atoms with E-state index in [1.54, 1.807) is 0 Å². The highest BCUT2D eigenvalue weighted by molar-refractivity contribution is 6.03. The van der Waals surface area contributed by atoms with E-state index in [1.165, 1.54) is 29.5 Å². The van der Waals surface area contributed by atoms with Crippen molar-refractivity contribution >= 4 is 16.6 Å². The second kappa shape index (κ2) is 6.32. The Bertz CT molecular complexity index is 760. The van der Waals surface area contributed by atoms with Gasteiger partial charge in [-0.3, -0.25) is 9.67 Å². The van der Waals surface area contributed by atoms with Gasteiger partial charge >= 0.3 is 0 Å². The molecule has 0 bridgehead atoms. The largest absolute Gasteiger partial charge is 0.306 e. The highest BCUT2D eigenvalue weighted by atomic mass is 15.3. The Labute approximate surface area is 144 Å². The van der Waals surface area contributed by atoms with Gasteiger partial charge in [-0.05, 0) is 56.3 Å². The van der Waals surface area contributed by atoms with E-state index >= 15 is 0 Å². The van der Waals surface area contributed by atoms with Crippen LogP contribution < -0.4 is 0 Å². The first-order valence-electron chi connectivity index (χ1n) is 9.31. The van der Waals surface area contributed by atoms with Crippen LogP contribution in [-0.2, 0) is 0 Å². The summed E-state index contributed by atoms with van der Waals surface area (Å²) in [5.41, 5.74) is 3.63. The van der Waals surface area contributed by atoms with E-state index in [0.29, 0.717) is 12.0 Å². The lowest BCUT2D eigenvalue weighted by Crippen LogP contribution is -2.37. The molecule has 1 saturated heterocycles. The van der Waals surface area contributed by atoms with Gasteiger partial charge in [0.25, 0.3) is 0 Å². The van der Waals surface area contributed by atoms with Crippen LogP contribution in [0.15, 0.2) is 29.4 Å². The number of nitrogens with zero attached hydrogens (tertiary/aromatic N) is 4. The van der Waals surface area contributed by atoms with Gasteiger partial charge in [-0.1, -0.05) is 26.0 Å². The van der Waals surface area contributed by atoms with E-state index in [9.17, 15) is 0 Å². The minimum Gasteiger partial charge on any atom is -0.306 e. The van der Waals surface area contributed by atoms with Crippen LogP contribution in [-0.4, -0.2) is 47.1 Å². The summed E-state index contributed by atoms with van der Waals surface area (Å²) in [7, 11) is 2.21. The summed E-state index contributed by atoms with van der Waals surface area (Å²) in [5, 5.41) is 6.17. The molecule has 1 aromatic heterocycles. The molecule has 1 aromatic carbocycles. The Morgan fingerprint density at radius 3 is 2.79 bits per heavy atom. The third kappa shape index (κ3) is 3.00. The highest BCUT2D eigenvalue weighted by Crippen LogP contribution is 2.29. The monoisotopic (exact) mass is 324 g/mol. The minimum absolute atomic E-state index is 0.518. The molecule has 4 rings (SSSR count). The first kappa shape index (κ1) is 15.8. The summed E-state index contributed by atoms with van der Waals surface area (Å²) in [4.78, 5) is 7.20. The van der Waals surface area contributed by atoms with E-state index in [2.05, 4.69) is 54.9 Å². The number of likely N-dealkylation sites (tertiary alicyclic amines) is 1. The molecule has 128 valence electrons. The first-order valence-corrected chi connectivity index (χ1v) is 9.31. The maximum absolute atomic E-state index is 4.93. The maximum Gasteiger partial charge on any atom is 0.0930 e. The molecule has 1 fully saturated rings. The Kier molecular flexibility index (Phi) is 4.17. The van der Waals surface area contributed by atoms with Crippen LogP contribution in [0.4, 0.5) is 0 Å². The Balaban J connectivity index is 1.62. The minimum atomic E-state index is 0.518. The topological polar surface area (TPSA) is 33.4 Å². The summed E-state index contributed by atoms with van der Waals surface area (Å²) < 4.78 is 2.22. The summed E-state index contributed by atoms with van der Waals surface area (Å²) >= 11 is 0. The van der Waals surface area contributed by atoms with E-state index in [0.717, 1.165) is 37.5 Å². The van der Waals surface area contributed by atoms with Gasteiger partial charge in [0.1, 0.15) is 0 Å². The van der Waals surface area contributed by atoms with Crippen molar-refractivity contribution in [1.82, 2.24) is 14.7 Å². The quantitative estimate of drug-likeness (QED) is 0.842. The number of fused-ring (bicyclic) bond motifs is 1. The summed E-state index contributed by atoms with van der Waals surface area (Å²) in [6.45, 7) is 7.91. The Hall–Kier alpha value is -1.68. The van der Waals surface area contributed by atoms with Crippen molar-refractivity contribution in [2.75, 3.05) is 26.7 Å². The number of piperidine rings is 1. The van der Waals surface area contributed by atoms with Gasteiger partial charge in [0.05, 0.1) is 11.6 Å². The summed E-state index contributed by atoms with van der Waals surface area (Å²) in [6, 6.07) is 7.19. The van der Waals surface area contributed by atoms with Crippen molar-refractivity contribution < 1.29 is 0 Å². The summed E-state index contributed by atoms with van der Waals surface area (Å²) in [5.74, 6) is 1.37. The number of aliphatic imine (C=N–C) groups is 1. The van der Waals surface area contributed by atoms with E-state index < -0.39 is 0 Å². The number of benzene rings is 1.